The zero-order valence-electron chi connectivity index (χ0n) is 10.1. The van der Waals surface area contributed by atoms with Crippen molar-refractivity contribution in [2.75, 3.05) is 13.1 Å². The number of aliphatic hydroxyl groups excluding tert-OH is 1. The monoisotopic (exact) mass is 363 g/mol. The second kappa shape index (κ2) is 5.52. The highest BCUT2D eigenvalue weighted by molar-refractivity contribution is 14.1. The minimum atomic E-state index is -0.335. The van der Waals surface area contributed by atoms with E-state index in [1.54, 1.807) is 4.90 Å². The van der Waals surface area contributed by atoms with Gasteiger partial charge in [0.05, 0.1) is 11.7 Å². The lowest BCUT2D eigenvalue weighted by atomic mass is 9.96. The van der Waals surface area contributed by atoms with Crippen molar-refractivity contribution >= 4 is 28.5 Å². The summed E-state index contributed by atoms with van der Waals surface area (Å²) >= 11 is 1.97. The highest BCUT2D eigenvalue weighted by Gasteiger charge is 2.28. The van der Waals surface area contributed by atoms with Gasteiger partial charge in [0.1, 0.15) is 5.82 Å². The molecule has 5 heteroatoms. The summed E-state index contributed by atoms with van der Waals surface area (Å²) in [6.07, 6.45) is 0.270. The molecule has 18 heavy (non-hydrogen) atoms. The van der Waals surface area contributed by atoms with Crippen LogP contribution >= 0.6 is 22.6 Å². The Morgan fingerprint density at radius 3 is 2.89 bits per heavy atom. The van der Waals surface area contributed by atoms with E-state index >= 15 is 0 Å². The van der Waals surface area contributed by atoms with Crippen molar-refractivity contribution in [1.82, 2.24) is 4.90 Å². The second-order valence-electron chi connectivity index (χ2n) is 4.71. The van der Waals surface area contributed by atoms with Crippen LogP contribution in [0.15, 0.2) is 18.2 Å². The number of amides is 1. The van der Waals surface area contributed by atoms with Gasteiger partial charge in [-0.05, 0) is 53.1 Å². The van der Waals surface area contributed by atoms with E-state index in [0.29, 0.717) is 28.6 Å². The molecule has 1 N–H and O–H groups in total. The van der Waals surface area contributed by atoms with E-state index in [9.17, 15) is 14.3 Å². The molecule has 2 rings (SSSR count). The van der Waals surface area contributed by atoms with Crippen LogP contribution in [0.2, 0.25) is 0 Å². The molecule has 1 aliphatic heterocycles. The van der Waals surface area contributed by atoms with Gasteiger partial charge in [0.15, 0.2) is 0 Å². The van der Waals surface area contributed by atoms with E-state index in [2.05, 4.69) is 0 Å². The maximum absolute atomic E-state index is 13.0. The normalized spacial score (nSPS) is 24.1. The van der Waals surface area contributed by atoms with E-state index in [1.165, 1.54) is 18.2 Å². The van der Waals surface area contributed by atoms with Gasteiger partial charge in [0.2, 0.25) is 0 Å². The maximum Gasteiger partial charge on any atom is 0.254 e. The zero-order valence-corrected chi connectivity index (χ0v) is 12.2. The van der Waals surface area contributed by atoms with Crippen molar-refractivity contribution < 1.29 is 14.3 Å². The average Bonchev–Trinajstić information content (AvgIpc) is 2.32. The fourth-order valence-corrected chi connectivity index (χ4v) is 2.86. The fraction of sp³-hybridized carbons (Fsp3) is 0.462. The molecule has 2 atom stereocenters. The second-order valence-corrected chi connectivity index (χ2v) is 5.87. The van der Waals surface area contributed by atoms with E-state index in [-0.39, 0.29) is 23.7 Å². The number of hydrogen-bond donors (Lipinski definition) is 1. The largest absolute Gasteiger partial charge is 0.393 e. The maximum atomic E-state index is 13.0. The zero-order chi connectivity index (χ0) is 13.3. The molecule has 1 aromatic rings. The third-order valence-corrected chi connectivity index (χ3v) is 4.20. The van der Waals surface area contributed by atoms with Crippen molar-refractivity contribution in [3.8, 4) is 0 Å². The predicted molar refractivity (Wildman–Crippen MR) is 74.8 cm³/mol. The smallest absolute Gasteiger partial charge is 0.254 e. The van der Waals surface area contributed by atoms with Crippen LogP contribution in [0.25, 0.3) is 0 Å². The first-order chi connectivity index (χ1) is 8.49. The highest BCUT2D eigenvalue weighted by atomic mass is 127. The molecule has 0 aromatic heterocycles. The van der Waals surface area contributed by atoms with E-state index in [1.807, 2.05) is 29.5 Å². The van der Waals surface area contributed by atoms with E-state index < -0.39 is 0 Å². The molecule has 0 radical (unpaired) electrons. The highest BCUT2D eigenvalue weighted by Crippen LogP contribution is 2.21. The number of hydrogen-bond acceptors (Lipinski definition) is 2. The lowest BCUT2D eigenvalue weighted by molar-refractivity contribution is 0.0297. The number of nitrogens with zero attached hydrogens (tertiary/aromatic N) is 1. The summed E-state index contributed by atoms with van der Waals surface area (Å²) in [5.74, 6) is -0.336. The van der Waals surface area contributed by atoms with Gasteiger partial charge in [-0.15, -0.1) is 0 Å². The minimum absolute atomic E-state index is 0.0841. The van der Waals surface area contributed by atoms with Crippen LogP contribution in [0.5, 0.6) is 0 Å². The third-order valence-electron chi connectivity index (χ3n) is 3.31. The molecule has 1 aliphatic rings. The first kappa shape index (κ1) is 13.7. The van der Waals surface area contributed by atoms with Crippen LogP contribution in [-0.4, -0.2) is 35.1 Å². The van der Waals surface area contributed by atoms with Crippen LogP contribution < -0.4 is 0 Å². The first-order valence-corrected chi connectivity index (χ1v) is 6.99. The Hall–Kier alpha value is -0.690. The van der Waals surface area contributed by atoms with E-state index in [0.717, 1.165) is 0 Å². The number of carbonyl (C=O) groups excluding carboxylic acids is 1. The van der Waals surface area contributed by atoms with Gasteiger partial charge < -0.3 is 10.0 Å². The number of rotatable bonds is 1. The first-order valence-electron chi connectivity index (χ1n) is 5.91. The lowest BCUT2D eigenvalue weighted by Crippen LogP contribution is -2.45. The summed E-state index contributed by atoms with van der Waals surface area (Å²) in [7, 11) is 0. The summed E-state index contributed by atoms with van der Waals surface area (Å²) < 4.78 is 13.6. The molecule has 0 saturated carbocycles. The van der Waals surface area contributed by atoms with Gasteiger partial charge in [0.25, 0.3) is 5.91 Å². The number of likely N-dealkylation sites (tertiary alicyclic amines) is 1. The van der Waals surface area contributed by atoms with Crippen molar-refractivity contribution in [2.24, 2.45) is 5.92 Å². The molecule has 0 aliphatic carbocycles. The molecule has 0 spiro atoms. The fourth-order valence-electron chi connectivity index (χ4n) is 2.15. The Balaban J connectivity index is 2.16. The SMILES string of the molecule is CC1CN(C(=O)c2ccc(F)cc2I)CCC1O. The van der Waals surface area contributed by atoms with Crippen molar-refractivity contribution in [1.29, 1.82) is 0 Å². The molecular weight excluding hydrogens is 348 g/mol. The van der Waals surface area contributed by atoms with Crippen LogP contribution in [-0.2, 0) is 0 Å². The number of aliphatic hydroxyl groups is 1. The molecular formula is C13H15FINO2. The minimum Gasteiger partial charge on any atom is -0.393 e. The van der Waals surface area contributed by atoms with Crippen LogP contribution in [0.3, 0.4) is 0 Å². The predicted octanol–water partition coefficient (Wildman–Crippen LogP) is 2.27. The van der Waals surface area contributed by atoms with Gasteiger partial charge >= 0.3 is 0 Å². The molecule has 0 bridgehead atoms. The number of benzene rings is 1. The number of carbonyl (C=O) groups is 1. The average molecular weight is 363 g/mol. The number of piperidine rings is 1. The molecule has 1 fully saturated rings. The van der Waals surface area contributed by atoms with Crippen molar-refractivity contribution in [3.63, 3.8) is 0 Å². The molecule has 3 nitrogen and oxygen atoms in total. The summed E-state index contributed by atoms with van der Waals surface area (Å²) in [6, 6.07) is 4.18. The van der Waals surface area contributed by atoms with Gasteiger partial charge in [-0.2, -0.15) is 0 Å². The molecule has 1 aromatic carbocycles. The lowest BCUT2D eigenvalue weighted by Gasteiger charge is -2.34. The quantitative estimate of drug-likeness (QED) is 0.778. The standard InChI is InChI=1S/C13H15FINO2/c1-8-7-16(5-4-12(8)17)13(18)10-3-2-9(14)6-11(10)15/h2-3,6,8,12,17H,4-5,7H2,1H3. The van der Waals surface area contributed by atoms with Crippen molar-refractivity contribution in [3.05, 3.63) is 33.1 Å². The van der Waals surface area contributed by atoms with E-state index in [4.69, 9.17) is 0 Å². The molecule has 2 unspecified atom stereocenters. The van der Waals surface area contributed by atoms with Crippen LogP contribution in [0, 0.1) is 15.3 Å². The Labute approximate surface area is 119 Å². The van der Waals surface area contributed by atoms with Crippen LogP contribution in [0.1, 0.15) is 23.7 Å². The Kier molecular flexibility index (Phi) is 4.21. The molecule has 1 amide bonds. The topological polar surface area (TPSA) is 40.5 Å². The summed E-state index contributed by atoms with van der Waals surface area (Å²) in [6.45, 7) is 3.03. The summed E-state index contributed by atoms with van der Waals surface area (Å²) in [4.78, 5) is 14.0. The Morgan fingerprint density at radius 1 is 1.56 bits per heavy atom. The van der Waals surface area contributed by atoms with Gasteiger partial charge in [-0.3, -0.25) is 4.79 Å². The Morgan fingerprint density at radius 2 is 2.28 bits per heavy atom. The van der Waals surface area contributed by atoms with Crippen molar-refractivity contribution in [2.45, 2.75) is 19.4 Å². The Bertz CT molecular complexity index is 466. The van der Waals surface area contributed by atoms with Gasteiger partial charge in [-0.1, -0.05) is 6.92 Å². The molecule has 98 valence electrons. The number of halogens is 2. The summed E-state index contributed by atoms with van der Waals surface area (Å²) in [5.41, 5.74) is 0.528. The summed E-state index contributed by atoms with van der Waals surface area (Å²) in [5, 5.41) is 9.65. The van der Waals surface area contributed by atoms with Gasteiger partial charge in [-0.25, -0.2) is 4.39 Å². The van der Waals surface area contributed by atoms with Gasteiger partial charge in [0, 0.05) is 16.7 Å². The third kappa shape index (κ3) is 2.83. The van der Waals surface area contributed by atoms with Crippen LogP contribution in [0.4, 0.5) is 4.39 Å². The molecule has 1 heterocycles. The molecule has 1 saturated heterocycles.